The Balaban J connectivity index is 3.23. The molecule has 0 radical (unpaired) electrons. The van der Waals surface area contributed by atoms with Crippen molar-refractivity contribution in [3.05, 3.63) is 29.8 Å². The Morgan fingerprint density at radius 2 is 1.64 bits per heavy atom. The van der Waals surface area contributed by atoms with Crippen LogP contribution in [0.15, 0.2) is 18.3 Å². The van der Waals surface area contributed by atoms with Gasteiger partial charge in [-0.05, 0) is 12.1 Å². The average molecular weight is 215 g/mol. The molecular formula is C7H3F6N. The zero-order valence-corrected chi connectivity index (χ0v) is 6.45. The summed E-state index contributed by atoms with van der Waals surface area (Å²) in [5.74, 6) is -7.04. The van der Waals surface area contributed by atoms with Crippen LogP contribution in [-0.4, -0.2) is 11.2 Å². The van der Waals surface area contributed by atoms with Gasteiger partial charge in [0.25, 0.3) is 0 Å². The summed E-state index contributed by atoms with van der Waals surface area (Å²) in [6, 6.07) is 1.15. The van der Waals surface area contributed by atoms with Crippen molar-refractivity contribution in [1.82, 2.24) is 4.98 Å². The van der Waals surface area contributed by atoms with Gasteiger partial charge >= 0.3 is 12.1 Å². The van der Waals surface area contributed by atoms with E-state index in [9.17, 15) is 26.3 Å². The lowest BCUT2D eigenvalue weighted by molar-refractivity contribution is -0.290. The predicted octanol–water partition coefficient (Wildman–Crippen LogP) is 2.87. The van der Waals surface area contributed by atoms with Crippen LogP contribution < -0.4 is 0 Å². The van der Waals surface area contributed by atoms with E-state index in [1.165, 1.54) is 0 Å². The smallest absolute Gasteiger partial charge is 0.228 e. The van der Waals surface area contributed by atoms with Gasteiger partial charge in [0.05, 0.1) is 5.56 Å². The molecule has 0 spiro atoms. The Kier molecular flexibility index (Phi) is 2.43. The fourth-order valence-electron chi connectivity index (χ4n) is 0.773. The minimum atomic E-state index is -5.82. The first-order chi connectivity index (χ1) is 6.27. The first kappa shape index (κ1) is 10.8. The van der Waals surface area contributed by atoms with Gasteiger partial charge in [-0.1, -0.05) is 0 Å². The van der Waals surface area contributed by atoms with E-state index < -0.39 is 23.6 Å². The molecule has 1 aromatic rings. The van der Waals surface area contributed by atoms with E-state index in [1.807, 2.05) is 0 Å². The van der Waals surface area contributed by atoms with E-state index >= 15 is 0 Å². The number of hydrogen-bond acceptors (Lipinski definition) is 1. The first-order valence-corrected chi connectivity index (χ1v) is 3.32. The molecule has 0 aliphatic carbocycles. The summed E-state index contributed by atoms with van der Waals surface area (Å²) in [6.07, 6.45) is -5.04. The molecule has 0 aromatic carbocycles. The largest absolute Gasteiger partial charge is 0.458 e. The van der Waals surface area contributed by atoms with Crippen LogP contribution in [0.25, 0.3) is 0 Å². The van der Waals surface area contributed by atoms with Crippen molar-refractivity contribution >= 4 is 0 Å². The number of halogens is 6. The summed E-state index contributed by atoms with van der Waals surface area (Å²) in [5, 5.41) is 0. The van der Waals surface area contributed by atoms with E-state index in [1.54, 1.807) is 0 Å². The summed E-state index contributed by atoms with van der Waals surface area (Å²) in [6.45, 7) is 0. The highest BCUT2D eigenvalue weighted by Gasteiger charge is 2.60. The van der Waals surface area contributed by atoms with Gasteiger partial charge in [0, 0.05) is 6.20 Å². The maximum Gasteiger partial charge on any atom is 0.458 e. The van der Waals surface area contributed by atoms with Gasteiger partial charge in [0.2, 0.25) is 5.95 Å². The molecule has 7 heteroatoms. The standard InChI is InChI=1S/C7H3F6N/c8-5-4(2-1-3-14-5)6(9,10)7(11,12)13/h1-3H. The van der Waals surface area contributed by atoms with E-state index in [0.717, 1.165) is 12.3 Å². The lowest BCUT2D eigenvalue weighted by Gasteiger charge is -2.19. The van der Waals surface area contributed by atoms with Crippen LogP contribution in [0.3, 0.4) is 0 Å². The summed E-state index contributed by atoms with van der Waals surface area (Å²) >= 11 is 0. The van der Waals surface area contributed by atoms with Crippen molar-refractivity contribution in [2.75, 3.05) is 0 Å². The minimum absolute atomic E-state index is 0.343. The van der Waals surface area contributed by atoms with Gasteiger partial charge in [-0.25, -0.2) is 4.98 Å². The maximum absolute atomic E-state index is 12.5. The number of hydrogen-bond donors (Lipinski definition) is 0. The van der Waals surface area contributed by atoms with Crippen LogP contribution in [0.5, 0.6) is 0 Å². The summed E-state index contributed by atoms with van der Waals surface area (Å²) in [7, 11) is 0. The molecule has 0 unspecified atom stereocenters. The van der Waals surface area contributed by atoms with E-state index in [2.05, 4.69) is 4.98 Å². The Hall–Kier alpha value is -1.27. The second kappa shape index (κ2) is 3.14. The third-order valence-electron chi connectivity index (χ3n) is 1.45. The number of rotatable bonds is 1. The Labute approximate surface area is 74.4 Å². The summed E-state index contributed by atoms with van der Waals surface area (Å²) in [4.78, 5) is 2.71. The van der Waals surface area contributed by atoms with Crippen LogP contribution in [0.2, 0.25) is 0 Å². The Morgan fingerprint density at radius 1 is 1.07 bits per heavy atom. The molecule has 1 nitrogen and oxygen atoms in total. The van der Waals surface area contributed by atoms with Gasteiger partial charge in [-0.3, -0.25) is 0 Å². The molecule has 0 amide bonds. The number of alkyl halides is 5. The molecule has 1 heterocycles. The summed E-state index contributed by atoms with van der Waals surface area (Å²) in [5.41, 5.74) is -1.77. The van der Waals surface area contributed by atoms with Crippen molar-refractivity contribution in [2.24, 2.45) is 0 Å². The van der Waals surface area contributed by atoms with Crippen molar-refractivity contribution in [2.45, 2.75) is 12.1 Å². The van der Waals surface area contributed by atoms with E-state index in [-0.39, 0.29) is 0 Å². The van der Waals surface area contributed by atoms with Gasteiger partial charge < -0.3 is 0 Å². The van der Waals surface area contributed by atoms with Crippen molar-refractivity contribution in [3.8, 4) is 0 Å². The first-order valence-electron chi connectivity index (χ1n) is 3.32. The van der Waals surface area contributed by atoms with Gasteiger partial charge in [-0.2, -0.15) is 26.3 Å². The molecule has 1 aromatic heterocycles. The Morgan fingerprint density at radius 3 is 2.07 bits per heavy atom. The predicted molar refractivity (Wildman–Crippen MR) is 34.1 cm³/mol. The molecule has 1 rings (SSSR count). The van der Waals surface area contributed by atoms with Gasteiger partial charge in [0.15, 0.2) is 0 Å². The highest BCUT2D eigenvalue weighted by molar-refractivity contribution is 5.18. The molecule has 14 heavy (non-hydrogen) atoms. The van der Waals surface area contributed by atoms with Crippen molar-refractivity contribution < 1.29 is 26.3 Å². The van der Waals surface area contributed by atoms with Crippen molar-refractivity contribution in [3.63, 3.8) is 0 Å². The number of aromatic nitrogens is 1. The van der Waals surface area contributed by atoms with Crippen LogP contribution in [-0.2, 0) is 5.92 Å². The second-order valence-corrected chi connectivity index (χ2v) is 2.41. The third-order valence-corrected chi connectivity index (χ3v) is 1.45. The summed E-state index contributed by atoms with van der Waals surface area (Å²) < 4.78 is 72.8. The maximum atomic E-state index is 12.5. The highest BCUT2D eigenvalue weighted by atomic mass is 19.4. The normalized spacial score (nSPS) is 13.0. The molecule has 0 saturated heterocycles. The lowest BCUT2D eigenvalue weighted by Crippen LogP contribution is -2.34. The zero-order chi connectivity index (χ0) is 11.0. The molecule has 0 aliphatic heterocycles. The topological polar surface area (TPSA) is 12.9 Å². The molecule has 0 bridgehead atoms. The molecule has 0 atom stereocenters. The highest BCUT2D eigenvalue weighted by Crippen LogP contribution is 2.44. The van der Waals surface area contributed by atoms with Crippen LogP contribution in [0, 0.1) is 5.95 Å². The lowest BCUT2D eigenvalue weighted by atomic mass is 10.1. The van der Waals surface area contributed by atoms with E-state index in [4.69, 9.17) is 0 Å². The zero-order valence-electron chi connectivity index (χ0n) is 6.45. The van der Waals surface area contributed by atoms with Gasteiger partial charge in [0.1, 0.15) is 0 Å². The quantitative estimate of drug-likeness (QED) is 0.518. The third kappa shape index (κ3) is 1.66. The second-order valence-electron chi connectivity index (χ2n) is 2.41. The molecule has 0 aliphatic rings. The average Bonchev–Trinajstić information content (AvgIpc) is 2.02. The molecule has 78 valence electrons. The van der Waals surface area contributed by atoms with Crippen LogP contribution in [0.4, 0.5) is 26.3 Å². The van der Waals surface area contributed by atoms with Crippen molar-refractivity contribution in [1.29, 1.82) is 0 Å². The number of pyridine rings is 1. The minimum Gasteiger partial charge on any atom is -0.228 e. The number of nitrogens with zero attached hydrogens (tertiary/aromatic N) is 1. The van der Waals surface area contributed by atoms with Crippen LogP contribution >= 0.6 is 0 Å². The molecule has 0 fully saturated rings. The fourth-order valence-corrected chi connectivity index (χ4v) is 0.773. The monoisotopic (exact) mass is 215 g/mol. The van der Waals surface area contributed by atoms with E-state index in [0.29, 0.717) is 6.07 Å². The SMILES string of the molecule is Fc1ncccc1C(F)(F)C(F)(F)F. The van der Waals surface area contributed by atoms with Crippen LogP contribution in [0.1, 0.15) is 5.56 Å². The Bertz CT molecular complexity index is 331. The van der Waals surface area contributed by atoms with Gasteiger partial charge in [-0.15, -0.1) is 0 Å². The molecular weight excluding hydrogens is 212 g/mol. The molecule has 0 saturated carbocycles. The molecule has 0 N–H and O–H groups in total. The fraction of sp³-hybridized carbons (Fsp3) is 0.286.